The van der Waals surface area contributed by atoms with E-state index in [-0.39, 0.29) is 12.5 Å². The number of nitrogens with zero attached hydrogens (tertiary/aromatic N) is 3. The molecule has 0 radical (unpaired) electrons. The van der Waals surface area contributed by atoms with Gasteiger partial charge in [-0.1, -0.05) is 22.9 Å². The van der Waals surface area contributed by atoms with Crippen LogP contribution in [0.1, 0.15) is 25.5 Å². The molecule has 1 aromatic carbocycles. The van der Waals surface area contributed by atoms with Crippen LogP contribution in [0.15, 0.2) is 34.8 Å². The molecular weight excluding hydrogens is 396 g/mol. The number of aromatic nitrogens is 2. The van der Waals surface area contributed by atoms with E-state index in [1.807, 2.05) is 31.2 Å². The van der Waals surface area contributed by atoms with Gasteiger partial charge in [-0.15, -0.1) is 0 Å². The number of benzene rings is 1. The molecule has 1 aliphatic rings. The zero-order chi connectivity index (χ0) is 18.5. The molecule has 0 saturated carbocycles. The van der Waals surface area contributed by atoms with Gasteiger partial charge in [-0.25, -0.2) is 4.98 Å². The number of amides is 1. The summed E-state index contributed by atoms with van der Waals surface area (Å²) in [6.45, 7) is 5.96. The van der Waals surface area contributed by atoms with Crippen molar-refractivity contribution in [2.75, 3.05) is 29.9 Å². The molecule has 3 rings (SSSR count). The highest BCUT2D eigenvalue weighted by Gasteiger charge is 2.19. The lowest BCUT2D eigenvalue weighted by Crippen LogP contribution is -2.35. The fourth-order valence-electron chi connectivity index (χ4n) is 2.98. The Hall–Kier alpha value is -2.15. The highest BCUT2D eigenvalue weighted by molar-refractivity contribution is 9.10. The summed E-state index contributed by atoms with van der Waals surface area (Å²) in [5, 5.41) is 2.80. The number of aryl methyl sites for hydroxylation is 1. The Balaban J connectivity index is 1.60. The normalized spacial score (nSPS) is 17.0. The second-order valence-corrected chi connectivity index (χ2v) is 7.60. The summed E-state index contributed by atoms with van der Waals surface area (Å²) in [7, 11) is 0. The highest BCUT2D eigenvalue weighted by Crippen LogP contribution is 2.22. The zero-order valence-electron chi connectivity index (χ0n) is 15.0. The van der Waals surface area contributed by atoms with Crippen LogP contribution in [-0.2, 0) is 4.79 Å². The maximum Gasteiger partial charge on any atom is 0.262 e. The van der Waals surface area contributed by atoms with Crippen LogP contribution in [0.25, 0.3) is 0 Å². The van der Waals surface area contributed by atoms with Gasteiger partial charge in [-0.05, 0) is 49.9 Å². The fourth-order valence-corrected chi connectivity index (χ4v) is 3.25. The van der Waals surface area contributed by atoms with Crippen molar-refractivity contribution in [2.45, 2.75) is 26.7 Å². The Morgan fingerprint density at radius 2 is 2.12 bits per heavy atom. The number of carbonyl (C=O) groups excluding carboxylic acids is 1. The molecule has 1 amide bonds. The van der Waals surface area contributed by atoms with Gasteiger partial charge in [0.15, 0.2) is 6.61 Å². The third-order valence-corrected chi connectivity index (χ3v) is 4.77. The molecule has 1 atom stereocenters. The van der Waals surface area contributed by atoms with Crippen LogP contribution in [0.5, 0.6) is 5.88 Å². The number of hydrogen-bond donors (Lipinski definition) is 1. The largest absolute Gasteiger partial charge is 0.467 e. The number of halogens is 1. The van der Waals surface area contributed by atoms with Gasteiger partial charge in [-0.3, -0.25) is 4.79 Å². The van der Waals surface area contributed by atoms with E-state index < -0.39 is 0 Å². The van der Waals surface area contributed by atoms with Crippen molar-refractivity contribution in [2.24, 2.45) is 5.92 Å². The first kappa shape index (κ1) is 18.6. The van der Waals surface area contributed by atoms with E-state index in [9.17, 15) is 4.79 Å². The number of hydrogen-bond acceptors (Lipinski definition) is 5. The molecule has 0 unspecified atom stereocenters. The van der Waals surface area contributed by atoms with Crippen molar-refractivity contribution < 1.29 is 9.53 Å². The van der Waals surface area contributed by atoms with Crippen molar-refractivity contribution in [1.82, 2.24) is 9.97 Å². The Bertz CT molecular complexity index is 767. The van der Waals surface area contributed by atoms with Crippen LogP contribution in [-0.4, -0.2) is 35.6 Å². The molecule has 6 nitrogen and oxygen atoms in total. The Kier molecular flexibility index (Phi) is 6.08. The van der Waals surface area contributed by atoms with E-state index in [1.54, 1.807) is 6.07 Å². The molecular formula is C19H23BrN4O2. The minimum Gasteiger partial charge on any atom is -0.467 e. The lowest BCUT2D eigenvalue weighted by molar-refractivity contribution is -0.118. The van der Waals surface area contributed by atoms with Gasteiger partial charge in [-0.2, -0.15) is 4.98 Å². The lowest BCUT2D eigenvalue weighted by atomic mass is 10.0. The molecule has 1 aromatic heterocycles. The first-order chi connectivity index (χ1) is 12.5. The number of carbonyl (C=O) groups is 1. The molecule has 2 heterocycles. The van der Waals surface area contributed by atoms with Crippen LogP contribution < -0.4 is 15.0 Å². The predicted octanol–water partition coefficient (Wildman–Crippen LogP) is 3.80. The predicted molar refractivity (Wildman–Crippen MR) is 106 cm³/mol. The second kappa shape index (κ2) is 8.49. The Morgan fingerprint density at radius 1 is 1.35 bits per heavy atom. The Morgan fingerprint density at radius 3 is 2.85 bits per heavy atom. The van der Waals surface area contributed by atoms with E-state index in [0.29, 0.717) is 17.7 Å². The van der Waals surface area contributed by atoms with Crippen LogP contribution >= 0.6 is 15.9 Å². The highest BCUT2D eigenvalue weighted by atomic mass is 79.9. The molecule has 1 N–H and O–H groups in total. The van der Waals surface area contributed by atoms with Gasteiger partial charge in [0.1, 0.15) is 0 Å². The van der Waals surface area contributed by atoms with Gasteiger partial charge in [0.2, 0.25) is 11.8 Å². The third-order valence-electron chi connectivity index (χ3n) is 4.24. The first-order valence-corrected chi connectivity index (χ1v) is 9.58. The van der Waals surface area contributed by atoms with Gasteiger partial charge in [0.05, 0.1) is 0 Å². The van der Waals surface area contributed by atoms with Crippen LogP contribution in [0, 0.1) is 12.8 Å². The molecule has 2 aromatic rings. The smallest absolute Gasteiger partial charge is 0.262 e. The van der Waals surface area contributed by atoms with Crippen LogP contribution in [0.2, 0.25) is 0 Å². The van der Waals surface area contributed by atoms with Crippen molar-refractivity contribution in [3.05, 3.63) is 40.5 Å². The standard InChI is InChI=1S/C19H23BrN4O2/c1-13-4-3-9-24(11-13)19-21-14(2)10-18(23-19)26-12-17(25)22-16-7-5-15(20)6-8-16/h5-8,10,13H,3-4,9,11-12H2,1-2H3,(H,22,25)/t13-/m0/s1. The topological polar surface area (TPSA) is 67.3 Å². The van der Waals surface area contributed by atoms with E-state index in [2.05, 4.69) is 43.0 Å². The molecule has 1 saturated heterocycles. The lowest BCUT2D eigenvalue weighted by Gasteiger charge is -2.31. The molecule has 0 aliphatic carbocycles. The molecule has 0 spiro atoms. The Labute approximate surface area is 162 Å². The van der Waals surface area contributed by atoms with Gasteiger partial charge in [0.25, 0.3) is 5.91 Å². The maximum absolute atomic E-state index is 12.1. The van der Waals surface area contributed by atoms with Gasteiger partial charge in [0, 0.05) is 35.0 Å². The average Bonchev–Trinajstić information content (AvgIpc) is 2.61. The molecule has 138 valence electrons. The summed E-state index contributed by atoms with van der Waals surface area (Å²) in [4.78, 5) is 23.3. The number of rotatable bonds is 5. The molecule has 26 heavy (non-hydrogen) atoms. The number of ether oxygens (including phenoxy) is 1. The average molecular weight is 419 g/mol. The number of piperidine rings is 1. The van der Waals surface area contributed by atoms with E-state index >= 15 is 0 Å². The second-order valence-electron chi connectivity index (χ2n) is 6.68. The minimum atomic E-state index is -0.225. The quantitative estimate of drug-likeness (QED) is 0.799. The van der Waals surface area contributed by atoms with E-state index in [4.69, 9.17) is 4.74 Å². The van der Waals surface area contributed by atoms with Crippen molar-refractivity contribution in [1.29, 1.82) is 0 Å². The molecule has 1 aliphatic heterocycles. The SMILES string of the molecule is Cc1cc(OCC(=O)Nc2ccc(Br)cc2)nc(N2CCC[C@H](C)C2)n1. The van der Waals surface area contributed by atoms with Crippen molar-refractivity contribution in [3.8, 4) is 5.88 Å². The summed E-state index contributed by atoms with van der Waals surface area (Å²) in [6, 6.07) is 9.15. The monoisotopic (exact) mass is 418 g/mol. The van der Waals surface area contributed by atoms with E-state index in [0.717, 1.165) is 35.4 Å². The molecule has 7 heteroatoms. The van der Waals surface area contributed by atoms with Gasteiger partial charge < -0.3 is 15.0 Å². The third kappa shape index (κ3) is 5.17. The number of nitrogens with one attached hydrogen (secondary N) is 1. The van der Waals surface area contributed by atoms with Gasteiger partial charge >= 0.3 is 0 Å². The summed E-state index contributed by atoms with van der Waals surface area (Å²) >= 11 is 3.37. The maximum atomic E-state index is 12.1. The summed E-state index contributed by atoms with van der Waals surface area (Å²) in [5.74, 6) is 1.52. The number of anilines is 2. The first-order valence-electron chi connectivity index (χ1n) is 8.78. The molecule has 0 bridgehead atoms. The van der Waals surface area contributed by atoms with E-state index in [1.165, 1.54) is 6.42 Å². The van der Waals surface area contributed by atoms with Crippen LogP contribution in [0.3, 0.4) is 0 Å². The van der Waals surface area contributed by atoms with Crippen molar-refractivity contribution in [3.63, 3.8) is 0 Å². The van der Waals surface area contributed by atoms with Crippen LogP contribution in [0.4, 0.5) is 11.6 Å². The minimum absolute atomic E-state index is 0.0949. The zero-order valence-corrected chi connectivity index (χ0v) is 16.6. The molecule has 1 fully saturated rings. The summed E-state index contributed by atoms with van der Waals surface area (Å²) in [6.07, 6.45) is 2.38. The fraction of sp³-hybridized carbons (Fsp3) is 0.421. The van der Waals surface area contributed by atoms with Crippen molar-refractivity contribution >= 4 is 33.5 Å². The summed E-state index contributed by atoms with van der Waals surface area (Å²) in [5.41, 5.74) is 1.56. The summed E-state index contributed by atoms with van der Waals surface area (Å²) < 4.78 is 6.56.